The summed E-state index contributed by atoms with van der Waals surface area (Å²) in [5.41, 5.74) is 0.666. The molecule has 0 aliphatic heterocycles. The van der Waals surface area contributed by atoms with Crippen molar-refractivity contribution in [2.24, 2.45) is 29.1 Å². The largest absolute Gasteiger partial charge is 0.313 e. The second kappa shape index (κ2) is 4.26. The number of rotatable bonds is 5. The van der Waals surface area contributed by atoms with Crippen molar-refractivity contribution in [2.45, 2.75) is 65.3 Å². The van der Waals surface area contributed by atoms with E-state index in [2.05, 4.69) is 26.1 Å². The third-order valence-corrected chi connectivity index (χ3v) is 6.58. The molecule has 0 radical (unpaired) electrons. The molecule has 0 aromatic heterocycles. The van der Waals surface area contributed by atoms with Crippen LogP contribution in [-0.4, -0.2) is 12.6 Å². The molecule has 0 amide bonds. The van der Waals surface area contributed by atoms with Gasteiger partial charge in [0.1, 0.15) is 0 Å². The van der Waals surface area contributed by atoms with E-state index in [-0.39, 0.29) is 0 Å². The summed E-state index contributed by atoms with van der Waals surface area (Å²) in [4.78, 5) is 0. The third-order valence-electron chi connectivity index (χ3n) is 6.58. The van der Waals surface area contributed by atoms with Crippen LogP contribution in [0.15, 0.2) is 0 Å². The van der Waals surface area contributed by atoms with Crippen LogP contribution in [0.1, 0.15) is 59.3 Å². The minimum Gasteiger partial charge on any atom is -0.313 e. The minimum atomic E-state index is 0.666. The predicted molar refractivity (Wildman–Crippen MR) is 72.9 cm³/mol. The van der Waals surface area contributed by atoms with Gasteiger partial charge in [-0.05, 0) is 74.2 Å². The average molecular weight is 235 g/mol. The van der Waals surface area contributed by atoms with Crippen molar-refractivity contribution in [3.05, 3.63) is 0 Å². The fourth-order valence-electron chi connectivity index (χ4n) is 5.94. The summed E-state index contributed by atoms with van der Waals surface area (Å²) in [6.45, 7) is 8.40. The molecule has 17 heavy (non-hydrogen) atoms. The Labute approximate surface area is 107 Å². The number of hydrogen-bond acceptors (Lipinski definition) is 1. The van der Waals surface area contributed by atoms with E-state index in [1.807, 2.05) is 0 Å². The summed E-state index contributed by atoms with van der Waals surface area (Å²) < 4.78 is 0. The van der Waals surface area contributed by atoms with Crippen molar-refractivity contribution in [2.75, 3.05) is 6.54 Å². The van der Waals surface area contributed by atoms with E-state index in [1.165, 1.54) is 25.8 Å². The van der Waals surface area contributed by atoms with Gasteiger partial charge in [0, 0.05) is 6.04 Å². The maximum absolute atomic E-state index is 3.92. The van der Waals surface area contributed by atoms with Crippen molar-refractivity contribution in [1.29, 1.82) is 0 Å². The van der Waals surface area contributed by atoms with E-state index < -0.39 is 0 Å². The Hall–Kier alpha value is -0.0400. The number of hydrogen-bond donors (Lipinski definition) is 1. The summed E-state index contributed by atoms with van der Waals surface area (Å²) in [7, 11) is 0. The van der Waals surface area contributed by atoms with Gasteiger partial charge in [-0.3, -0.25) is 0 Å². The third kappa shape index (κ3) is 1.41. The van der Waals surface area contributed by atoms with Crippen LogP contribution in [0.4, 0.5) is 0 Å². The summed E-state index contributed by atoms with van der Waals surface area (Å²) in [5.74, 6) is 4.33. The monoisotopic (exact) mass is 235 g/mol. The van der Waals surface area contributed by atoms with Crippen LogP contribution in [0.2, 0.25) is 0 Å². The molecule has 3 fully saturated rings. The van der Waals surface area contributed by atoms with E-state index in [9.17, 15) is 0 Å². The van der Waals surface area contributed by atoms with Gasteiger partial charge in [-0.2, -0.15) is 0 Å². The van der Waals surface area contributed by atoms with Gasteiger partial charge < -0.3 is 5.32 Å². The highest BCUT2D eigenvalue weighted by molar-refractivity contribution is 5.19. The van der Waals surface area contributed by atoms with Crippen LogP contribution in [0.3, 0.4) is 0 Å². The minimum absolute atomic E-state index is 0.666. The molecule has 0 aromatic carbocycles. The van der Waals surface area contributed by atoms with Crippen LogP contribution < -0.4 is 5.32 Å². The highest BCUT2D eigenvalue weighted by atomic mass is 15.0. The van der Waals surface area contributed by atoms with Gasteiger partial charge in [-0.25, -0.2) is 0 Å². The lowest BCUT2D eigenvalue weighted by Gasteiger charge is -2.64. The zero-order valence-electron chi connectivity index (χ0n) is 11.8. The average Bonchev–Trinajstić information content (AvgIpc) is 2.90. The molecule has 3 saturated carbocycles. The van der Waals surface area contributed by atoms with Crippen molar-refractivity contribution in [3.63, 3.8) is 0 Å². The Kier molecular flexibility index (Phi) is 3.01. The fraction of sp³-hybridized carbons (Fsp3) is 1.00. The quantitative estimate of drug-likeness (QED) is 0.763. The van der Waals surface area contributed by atoms with Crippen molar-refractivity contribution in [3.8, 4) is 0 Å². The van der Waals surface area contributed by atoms with E-state index in [0.717, 1.165) is 29.7 Å². The van der Waals surface area contributed by atoms with Crippen LogP contribution in [0.25, 0.3) is 0 Å². The molecule has 2 bridgehead atoms. The Morgan fingerprint density at radius 3 is 2.41 bits per heavy atom. The van der Waals surface area contributed by atoms with Gasteiger partial charge >= 0.3 is 0 Å². The molecule has 3 rings (SSSR count). The molecule has 3 aliphatic carbocycles. The topological polar surface area (TPSA) is 12.0 Å². The Balaban J connectivity index is 1.81. The lowest BCUT2D eigenvalue weighted by molar-refractivity contribution is -0.124. The number of fused-ring (bicyclic) bond motifs is 5. The number of nitrogens with one attached hydrogen (secondary N) is 1. The molecule has 0 heterocycles. The molecule has 1 heteroatoms. The fourth-order valence-corrected chi connectivity index (χ4v) is 5.94. The van der Waals surface area contributed by atoms with Crippen LogP contribution in [0.5, 0.6) is 0 Å². The summed E-state index contributed by atoms with van der Waals surface area (Å²) in [6, 6.07) is 0.859. The predicted octanol–water partition coefficient (Wildman–Crippen LogP) is 3.84. The van der Waals surface area contributed by atoms with Crippen LogP contribution >= 0.6 is 0 Å². The first-order valence-corrected chi connectivity index (χ1v) is 8.01. The summed E-state index contributed by atoms with van der Waals surface area (Å²) in [6.07, 6.45) is 8.74. The smallest absolute Gasteiger partial charge is 0.0160 e. The molecule has 1 N–H and O–H groups in total. The Morgan fingerprint density at radius 1 is 1.06 bits per heavy atom. The second-order valence-corrected chi connectivity index (χ2v) is 6.81. The van der Waals surface area contributed by atoms with E-state index in [0.29, 0.717) is 5.41 Å². The van der Waals surface area contributed by atoms with Crippen molar-refractivity contribution < 1.29 is 0 Å². The first kappa shape index (κ1) is 12.0. The molecule has 0 saturated heterocycles. The van der Waals surface area contributed by atoms with E-state index in [4.69, 9.17) is 0 Å². The molecular formula is C16H29N. The highest BCUT2D eigenvalue weighted by Gasteiger charge is 2.68. The van der Waals surface area contributed by atoms with Gasteiger partial charge in [0.15, 0.2) is 0 Å². The van der Waals surface area contributed by atoms with Gasteiger partial charge in [-0.15, -0.1) is 0 Å². The molecule has 1 nitrogen and oxygen atoms in total. The highest BCUT2D eigenvalue weighted by Crippen LogP contribution is 2.70. The van der Waals surface area contributed by atoms with Crippen molar-refractivity contribution in [1.82, 2.24) is 5.32 Å². The van der Waals surface area contributed by atoms with Gasteiger partial charge in [0.25, 0.3) is 0 Å². The molecular weight excluding hydrogens is 206 g/mol. The van der Waals surface area contributed by atoms with Crippen LogP contribution in [-0.2, 0) is 0 Å². The van der Waals surface area contributed by atoms with Crippen LogP contribution in [0, 0.1) is 29.1 Å². The van der Waals surface area contributed by atoms with Gasteiger partial charge in [0.2, 0.25) is 0 Å². The first-order chi connectivity index (χ1) is 8.28. The maximum Gasteiger partial charge on any atom is 0.0160 e. The summed E-state index contributed by atoms with van der Waals surface area (Å²) >= 11 is 0. The lowest BCUT2D eigenvalue weighted by Crippen LogP contribution is -2.67. The molecule has 0 spiro atoms. The Morgan fingerprint density at radius 2 is 1.76 bits per heavy atom. The van der Waals surface area contributed by atoms with Gasteiger partial charge in [-0.1, -0.05) is 20.8 Å². The molecule has 0 aromatic rings. The standard InChI is InChI=1S/C16H29N/c1-4-9-17-15-13-11-7-8-12(10-11)14(13)16(15,5-2)6-3/h11-15,17H,4-10H2,1-3H3. The normalized spacial score (nSPS) is 45.7. The molecule has 98 valence electrons. The van der Waals surface area contributed by atoms with Crippen molar-refractivity contribution >= 4 is 0 Å². The first-order valence-electron chi connectivity index (χ1n) is 8.01. The second-order valence-electron chi connectivity index (χ2n) is 6.81. The zero-order valence-corrected chi connectivity index (χ0v) is 11.8. The zero-order chi connectivity index (χ0) is 12.0. The SMILES string of the molecule is CCCNC1C2C3CCC(C3)C2C1(CC)CC. The molecule has 5 atom stereocenters. The van der Waals surface area contributed by atoms with Gasteiger partial charge in [0.05, 0.1) is 0 Å². The van der Waals surface area contributed by atoms with E-state index >= 15 is 0 Å². The Bertz CT molecular complexity index is 281. The molecule has 5 unspecified atom stereocenters. The maximum atomic E-state index is 3.92. The molecule has 3 aliphatic rings. The summed E-state index contributed by atoms with van der Waals surface area (Å²) in [5, 5.41) is 3.92. The van der Waals surface area contributed by atoms with E-state index in [1.54, 1.807) is 19.3 Å². The lowest BCUT2D eigenvalue weighted by atomic mass is 9.44.